The van der Waals surface area contributed by atoms with E-state index >= 15 is 0 Å². The van der Waals surface area contributed by atoms with Crippen LogP contribution in [0.15, 0.2) is 71.3 Å². The molecular weight excluding hydrogens is 414 g/mol. The second-order valence-corrected chi connectivity index (χ2v) is 8.67. The van der Waals surface area contributed by atoms with E-state index in [1.54, 1.807) is 0 Å². The monoisotopic (exact) mass is 443 g/mol. The number of hydrogen-bond acceptors (Lipinski definition) is 5. The zero-order valence-corrected chi connectivity index (χ0v) is 18.7. The van der Waals surface area contributed by atoms with Crippen LogP contribution in [-0.2, 0) is 17.9 Å². The first-order chi connectivity index (χ1) is 16.1. The molecule has 2 aromatic carbocycles. The molecule has 5 rings (SSSR count). The van der Waals surface area contributed by atoms with E-state index < -0.39 is 0 Å². The third kappa shape index (κ3) is 5.16. The minimum atomic E-state index is -0.237. The number of aromatic nitrogens is 2. The van der Waals surface area contributed by atoms with Gasteiger partial charge >= 0.3 is 0 Å². The number of furan rings is 1. The molecule has 1 aliphatic rings. The fourth-order valence-corrected chi connectivity index (χ4v) is 4.42. The number of carbonyl (C=O) groups is 1. The van der Waals surface area contributed by atoms with Crippen LogP contribution in [0.3, 0.4) is 0 Å². The topological polar surface area (TPSA) is 80.5 Å². The summed E-state index contributed by atoms with van der Waals surface area (Å²) in [7, 11) is 0. The Hall–Kier alpha value is -3.42. The number of hydrogen-bond donors (Lipinski definition) is 1. The Bertz CT molecular complexity index is 1190. The van der Waals surface area contributed by atoms with E-state index in [4.69, 9.17) is 15.2 Å². The highest BCUT2D eigenvalue weighted by Crippen LogP contribution is 2.30. The summed E-state index contributed by atoms with van der Waals surface area (Å²) in [6.45, 7) is 6.03. The van der Waals surface area contributed by atoms with Crippen LogP contribution in [0.5, 0.6) is 0 Å². The van der Waals surface area contributed by atoms with Crippen molar-refractivity contribution >= 4 is 16.9 Å². The standard InChI is InChI=1S/C26H29N5O2/c27-25(32)10-11-29-12-14-30(15-13-29)18-22-19-31(17-20-6-2-1-3-7-20)28-26(22)24-16-21-8-4-5-9-23(21)33-24/h1-9,16,19H,10-15,17-18H2,(H2,27,32). The van der Waals surface area contributed by atoms with Gasteiger partial charge in [-0.2, -0.15) is 5.10 Å². The molecule has 2 N–H and O–H groups in total. The molecule has 7 heteroatoms. The average molecular weight is 444 g/mol. The molecule has 33 heavy (non-hydrogen) atoms. The van der Waals surface area contributed by atoms with Crippen LogP contribution in [0.25, 0.3) is 22.4 Å². The van der Waals surface area contributed by atoms with E-state index in [2.05, 4.69) is 52.4 Å². The van der Waals surface area contributed by atoms with Crippen molar-refractivity contribution in [1.82, 2.24) is 19.6 Å². The summed E-state index contributed by atoms with van der Waals surface area (Å²) in [5, 5.41) is 6.02. The Kier molecular flexibility index (Phi) is 6.24. The highest BCUT2D eigenvalue weighted by atomic mass is 16.3. The van der Waals surface area contributed by atoms with Crippen molar-refractivity contribution in [2.24, 2.45) is 5.73 Å². The van der Waals surface area contributed by atoms with Crippen molar-refractivity contribution in [3.63, 3.8) is 0 Å². The zero-order valence-electron chi connectivity index (χ0n) is 18.7. The van der Waals surface area contributed by atoms with E-state index in [1.165, 1.54) is 5.56 Å². The molecule has 0 bridgehead atoms. The quantitative estimate of drug-likeness (QED) is 0.452. The Balaban J connectivity index is 1.36. The molecule has 0 unspecified atom stereocenters. The summed E-state index contributed by atoms with van der Waals surface area (Å²) in [6, 6.07) is 20.5. The largest absolute Gasteiger partial charge is 0.454 e. The second-order valence-electron chi connectivity index (χ2n) is 8.67. The number of benzene rings is 2. The summed E-state index contributed by atoms with van der Waals surface area (Å²) in [5.74, 6) is 0.567. The Morgan fingerprint density at radius 2 is 1.67 bits per heavy atom. The number of fused-ring (bicyclic) bond motifs is 1. The normalized spacial score (nSPS) is 15.3. The van der Waals surface area contributed by atoms with Crippen molar-refractivity contribution in [2.75, 3.05) is 32.7 Å². The Labute approximate surface area is 193 Å². The number of carbonyl (C=O) groups excluding carboxylic acids is 1. The third-order valence-corrected chi connectivity index (χ3v) is 6.22. The van der Waals surface area contributed by atoms with E-state index in [0.717, 1.165) is 73.8 Å². The lowest BCUT2D eigenvalue weighted by Gasteiger charge is -2.34. The van der Waals surface area contributed by atoms with Crippen molar-refractivity contribution in [3.05, 3.63) is 78.0 Å². The van der Waals surface area contributed by atoms with Crippen molar-refractivity contribution in [1.29, 1.82) is 0 Å². The molecule has 0 atom stereocenters. The van der Waals surface area contributed by atoms with Gasteiger partial charge in [0.25, 0.3) is 0 Å². The molecule has 1 amide bonds. The van der Waals surface area contributed by atoms with Gasteiger partial charge in [-0.1, -0.05) is 48.5 Å². The summed E-state index contributed by atoms with van der Waals surface area (Å²) in [6.07, 6.45) is 2.57. The van der Waals surface area contributed by atoms with Crippen LogP contribution >= 0.6 is 0 Å². The molecule has 3 heterocycles. The number of nitrogens with two attached hydrogens (primary N) is 1. The van der Waals surface area contributed by atoms with Gasteiger partial charge in [0.05, 0.1) is 6.54 Å². The van der Waals surface area contributed by atoms with Crippen molar-refractivity contribution in [2.45, 2.75) is 19.5 Å². The summed E-state index contributed by atoms with van der Waals surface area (Å²) >= 11 is 0. The van der Waals surface area contributed by atoms with Gasteiger partial charge in [-0.25, -0.2) is 0 Å². The molecule has 1 aliphatic heterocycles. The van der Waals surface area contributed by atoms with Gasteiger partial charge in [0.15, 0.2) is 5.76 Å². The number of nitrogens with zero attached hydrogens (tertiary/aromatic N) is 4. The predicted octanol–water partition coefficient (Wildman–Crippen LogP) is 3.34. The van der Waals surface area contributed by atoms with E-state index in [0.29, 0.717) is 6.42 Å². The van der Waals surface area contributed by atoms with Crippen LogP contribution in [0.1, 0.15) is 17.5 Å². The van der Waals surface area contributed by atoms with Crippen LogP contribution in [0, 0.1) is 0 Å². The summed E-state index contributed by atoms with van der Waals surface area (Å²) in [5.41, 5.74) is 9.45. The van der Waals surface area contributed by atoms with Crippen LogP contribution in [-0.4, -0.2) is 58.2 Å². The fourth-order valence-electron chi connectivity index (χ4n) is 4.42. The highest BCUT2D eigenvalue weighted by Gasteiger charge is 2.21. The van der Waals surface area contributed by atoms with Crippen LogP contribution < -0.4 is 5.73 Å². The molecular formula is C26H29N5O2. The van der Waals surface area contributed by atoms with E-state index in [-0.39, 0.29) is 5.91 Å². The molecule has 1 fully saturated rings. The fraction of sp³-hybridized carbons (Fsp3) is 0.308. The van der Waals surface area contributed by atoms with Crippen LogP contribution in [0.2, 0.25) is 0 Å². The average Bonchev–Trinajstić information content (AvgIpc) is 3.43. The van der Waals surface area contributed by atoms with Gasteiger partial charge in [0.2, 0.25) is 5.91 Å². The van der Waals surface area contributed by atoms with E-state index in [9.17, 15) is 4.79 Å². The van der Waals surface area contributed by atoms with E-state index in [1.807, 2.05) is 28.9 Å². The first kappa shape index (κ1) is 21.4. The lowest BCUT2D eigenvalue weighted by Crippen LogP contribution is -2.46. The predicted molar refractivity (Wildman–Crippen MR) is 129 cm³/mol. The second kappa shape index (κ2) is 9.60. The van der Waals surface area contributed by atoms with Crippen molar-refractivity contribution in [3.8, 4) is 11.5 Å². The Morgan fingerprint density at radius 3 is 2.42 bits per heavy atom. The minimum absolute atomic E-state index is 0.237. The molecule has 7 nitrogen and oxygen atoms in total. The number of para-hydroxylation sites is 1. The maximum atomic E-state index is 11.1. The first-order valence-electron chi connectivity index (χ1n) is 11.5. The molecule has 2 aromatic heterocycles. The zero-order chi connectivity index (χ0) is 22.6. The molecule has 0 spiro atoms. The third-order valence-electron chi connectivity index (χ3n) is 6.22. The minimum Gasteiger partial charge on any atom is -0.454 e. The Morgan fingerprint density at radius 1 is 0.939 bits per heavy atom. The molecule has 0 radical (unpaired) electrons. The maximum Gasteiger partial charge on any atom is 0.218 e. The summed E-state index contributed by atoms with van der Waals surface area (Å²) in [4.78, 5) is 15.8. The lowest BCUT2D eigenvalue weighted by molar-refractivity contribution is -0.118. The molecule has 4 aromatic rings. The van der Waals surface area contributed by atoms with Gasteiger partial charge < -0.3 is 15.1 Å². The molecule has 1 saturated heterocycles. The van der Waals surface area contributed by atoms with Crippen molar-refractivity contribution < 1.29 is 9.21 Å². The lowest BCUT2D eigenvalue weighted by atomic mass is 10.1. The van der Waals surface area contributed by atoms with Gasteiger partial charge in [-0.05, 0) is 17.7 Å². The van der Waals surface area contributed by atoms with Gasteiger partial charge in [0.1, 0.15) is 11.3 Å². The smallest absolute Gasteiger partial charge is 0.218 e. The number of primary amides is 1. The van der Waals surface area contributed by atoms with Gasteiger partial charge in [-0.3, -0.25) is 14.4 Å². The van der Waals surface area contributed by atoms with Gasteiger partial charge in [-0.15, -0.1) is 0 Å². The van der Waals surface area contributed by atoms with Gasteiger partial charge in [0, 0.05) is 62.8 Å². The number of amides is 1. The molecule has 0 aliphatic carbocycles. The van der Waals surface area contributed by atoms with Crippen LogP contribution in [0.4, 0.5) is 0 Å². The number of rotatable bonds is 8. The number of piperazine rings is 1. The summed E-state index contributed by atoms with van der Waals surface area (Å²) < 4.78 is 8.18. The SMILES string of the molecule is NC(=O)CCN1CCN(Cc2cn(Cc3ccccc3)nc2-c2cc3ccccc3o2)CC1. The highest BCUT2D eigenvalue weighted by molar-refractivity contribution is 5.82. The maximum absolute atomic E-state index is 11.1. The molecule has 0 saturated carbocycles. The first-order valence-corrected chi connectivity index (χ1v) is 11.5. The molecule has 170 valence electrons.